The summed E-state index contributed by atoms with van der Waals surface area (Å²) in [6.07, 6.45) is 2.54. The molecule has 2 amide bonds. The average Bonchev–Trinajstić information content (AvgIpc) is 2.80. The molecular formula is C15H17NO3. The smallest absolute Gasteiger partial charge is 0.260 e. The van der Waals surface area contributed by atoms with Crippen LogP contribution in [0, 0.1) is 5.92 Å². The summed E-state index contributed by atoms with van der Waals surface area (Å²) in [6.45, 7) is 0.354. The third-order valence-corrected chi connectivity index (χ3v) is 4.17. The lowest BCUT2D eigenvalue weighted by molar-refractivity contribution is -0.129. The number of aliphatic hydroxyl groups excluding tert-OH is 1. The lowest BCUT2D eigenvalue weighted by Gasteiger charge is -2.29. The van der Waals surface area contributed by atoms with Crippen molar-refractivity contribution in [2.75, 3.05) is 6.54 Å². The molecule has 1 aliphatic carbocycles. The maximum Gasteiger partial charge on any atom is 0.260 e. The first-order valence-electron chi connectivity index (χ1n) is 6.77. The van der Waals surface area contributed by atoms with Crippen molar-refractivity contribution in [3.63, 3.8) is 0 Å². The Morgan fingerprint density at radius 2 is 2.00 bits per heavy atom. The van der Waals surface area contributed by atoms with E-state index in [1.807, 2.05) is 18.2 Å². The van der Waals surface area contributed by atoms with Gasteiger partial charge in [-0.3, -0.25) is 14.5 Å². The van der Waals surface area contributed by atoms with Gasteiger partial charge in [0, 0.05) is 18.0 Å². The van der Waals surface area contributed by atoms with Gasteiger partial charge < -0.3 is 5.11 Å². The molecule has 0 bridgehead atoms. The SMILES string of the molecule is O=C1Cc2ccccc2C(=O)N1CC1CCCC1O. The summed E-state index contributed by atoms with van der Waals surface area (Å²) in [5.74, 6) is -0.327. The molecule has 0 spiro atoms. The van der Waals surface area contributed by atoms with Crippen LogP contribution in [0.4, 0.5) is 0 Å². The lowest BCUT2D eigenvalue weighted by atomic mass is 9.96. The number of benzene rings is 1. The van der Waals surface area contributed by atoms with Crippen LogP contribution >= 0.6 is 0 Å². The third-order valence-electron chi connectivity index (χ3n) is 4.17. The first-order valence-corrected chi connectivity index (χ1v) is 6.77. The van der Waals surface area contributed by atoms with Gasteiger partial charge in [-0.2, -0.15) is 0 Å². The number of aliphatic hydroxyl groups is 1. The van der Waals surface area contributed by atoms with Crippen molar-refractivity contribution < 1.29 is 14.7 Å². The summed E-state index contributed by atoms with van der Waals surface area (Å²) in [5, 5.41) is 9.84. The van der Waals surface area contributed by atoms with Crippen molar-refractivity contribution in [2.45, 2.75) is 31.8 Å². The molecule has 19 heavy (non-hydrogen) atoms. The van der Waals surface area contributed by atoms with Gasteiger partial charge in [0.1, 0.15) is 0 Å². The van der Waals surface area contributed by atoms with Gasteiger partial charge in [-0.05, 0) is 24.5 Å². The molecule has 100 valence electrons. The van der Waals surface area contributed by atoms with Crippen LogP contribution in [0.2, 0.25) is 0 Å². The molecular weight excluding hydrogens is 242 g/mol. The van der Waals surface area contributed by atoms with Gasteiger partial charge in [-0.15, -0.1) is 0 Å². The first-order chi connectivity index (χ1) is 9.16. The number of nitrogens with zero attached hydrogens (tertiary/aromatic N) is 1. The van der Waals surface area contributed by atoms with Crippen molar-refractivity contribution in [2.24, 2.45) is 5.92 Å². The van der Waals surface area contributed by atoms with E-state index in [1.165, 1.54) is 4.90 Å². The van der Waals surface area contributed by atoms with Crippen molar-refractivity contribution in [1.29, 1.82) is 0 Å². The van der Waals surface area contributed by atoms with Crippen molar-refractivity contribution in [3.05, 3.63) is 35.4 Å². The van der Waals surface area contributed by atoms with Crippen LogP contribution in [-0.4, -0.2) is 34.5 Å². The number of carbonyl (C=O) groups excluding carboxylic acids is 2. The summed E-state index contributed by atoms with van der Waals surface area (Å²) in [5.41, 5.74) is 1.43. The monoisotopic (exact) mass is 259 g/mol. The fraction of sp³-hybridized carbons (Fsp3) is 0.467. The summed E-state index contributed by atoms with van der Waals surface area (Å²) >= 11 is 0. The highest BCUT2D eigenvalue weighted by Crippen LogP contribution is 2.28. The molecule has 1 saturated carbocycles. The van der Waals surface area contributed by atoms with Crippen molar-refractivity contribution in [3.8, 4) is 0 Å². The predicted molar refractivity (Wildman–Crippen MR) is 69.5 cm³/mol. The van der Waals surface area contributed by atoms with Gasteiger partial charge in [0.2, 0.25) is 5.91 Å². The molecule has 1 fully saturated rings. The van der Waals surface area contributed by atoms with Crippen LogP contribution in [0.5, 0.6) is 0 Å². The van der Waals surface area contributed by atoms with Gasteiger partial charge in [0.25, 0.3) is 5.91 Å². The number of amides is 2. The summed E-state index contributed by atoms with van der Waals surface area (Å²) in [4.78, 5) is 25.8. The zero-order valence-electron chi connectivity index (χ0n) is 10.7. The molecule has 0 saturated heterocycles. The van der Waals surface area contributed by atoms with E-state index in [0.717, 1.165) is 24.8 Å². The lowest BCUT2D eigenvalue weighted by Crippen LogP contribution is -2.45. The fourth-order valence-corrected chi connectivity index (χ4v) is 3.05. The minimum Gasteiger partial charge on any atom is -0.393 e. The van der Waals surface area contributed by atoms with E-state index in [2.05, 4.69) is 0 Å². The predicted octanol–water partition coefficient (Wildman–Crippen LogP) is 1.37. The number of carbonyl (C=O) groups is 2. The van der Waals surface area contributed by atoms with Gasteiger partial charge >= 0.3 is 0 Å². The van der Waals surface area contributed by atoms with Gasteiger partial charge in [-0.1, -0.05) is 24.6 Å². The Hall–Kier alpha value is -1.68. The molecule has 0 aromatic heterocycles. The standard InChI is InChI=1S/C15H17NO3/c17-13-7-3-5-11(13)9-16-14(18)8-10-4-1-2-6-12(10)15(16)19/h1-2,4,6,11,13,17H,3,5,7-9H2. The molecule has 4 nitrogen and oxygen atoms in total. The molecule has 2 aliphatic rings. The van der Waals surface area contributed by atoms with E-state index in [-0.39, 0.29) is 30.3 Å². The summed E-state index contributed by atoms with van der Waals surface area (Å²) < 4.78 is 0. The van der Waals surface area contributed by atoms with Crippen molar-refractivity contribution in [1.82, 2.24) is 4.90 Å². The maximum atomic E-state index is 12.3. The second-order valence-electron chi connectivity index (χ2n) is 5.40. The van der Waals surface area contributed by atoms with Crippen LogP contribution in [0.25, 0.3) is 0 Å². The second-order valence-corrected chi connectivity index (χ2v) is 5.40. The van der Waals surface area contributed by atoms with Crippen LogP contribution in [0.1, 0.15) is 35.2 Å². The van der Waals surface area contributed by atoms with E-state index >= 15 is 0 Å². The highest BCUT2D eigenvalue weighted by Gasteiger charge is 2.35. The number of hydrogen-bond donors (Lipinski definition) is 1. The highest BCUT2D eigenvalue weighted by atomic mass is 16.3. The second kappa shape index (κ2) is 4.78. The Morgan fingerprint density at radius 1 is 1.21 bits per heavy atom. The van der Waals surface area contributed by atoms with Crippen LogP contribution in [0.3, 0.4) is 0 Å². The van der Waals surface area contributed by atoms with Crippen LogP contribution in [-0.2, 0) is 11.2 Å². The molecule has 4 heteroatoms. The molecule has 1 heterocycles. The molecule has 2 atom stereocenters. The Balaban J connectivity index is 1.83. The summed E-state index contributed by atoms with van der Waals surface area (Å²) in [6, 6.07) is 7.25. The van der Waals surface area contributed by atoms with Gasteiger partial charge in [-0.25, -0.2) is 0 Å². The minimum atomic E-state index is -0.377. The molecule has 1 aliphatic heterocycles. The van der Waals surface area contributed by atoms with E-state index in [9.17, 15) is 14.7 Å². The Labute approximate surface area is 112 Å². The number of hydrogen-bond acceptors (Lipinski definition) is 3. The van der Waals surface area contributed by atoms with Crippen molar-refractivity contribution >= 4 is 11.8 Å². The normalized spacial score (nSPS) is 26.7. The average molecular weight is 259 g/mol. The quantitative estimate of drug-likeness (QED) is 0.816. The van der Waals surface area contributed by atoms with Gasteiger partial charge in [0.15, 0.2) is 0 Å². The molecule has 2 unspecified atom stereocenters. The Morgan fingerprint density at radius 3 is 2.74 bits per heavy atom. The van der Waals surface area contributed by atoms with Gasteiger partial charge in [0.05, 0.1) is 12.5 Å². The Kier molecular flexibility index (Phi) is 3.11. The largest absolute Gasteiger partial charge is 0.393 e. The molecule has 0 radical (unpaired) electrons. The van der Waals surface area contributed by atoms with Crippen LogP contribution in [0.15, 0.2) is 24.3 Å². The fourth-order valence-electron chi connectivity index (χ4n) is 3.05. The van der Waals surface area contributed by atoms with E-state index in [0.29, 0.717) is 12.1 Å². The van der Waals surface area contributed by atoms with E-state index in [1.54, 1.807) is 6.07 Å². The van der Waals surface area contributed by atoms with E-state index in [4.69, 9.17) is 0 Å². The molecule has 1 aromatic rings. The molecule has 3 rings (SSSR count). The zero-order chi connectivity index (χ0) is 13.4. The minimum absolute atomic E-state index is 0.0400. The number of imide groups is 1. The zero-order valence-corrected chi connectivity index (χ0v) is 10.7. The Bertz CT molecular complexity index is 526. The summed E-state index contributed by atoms with van der Waals surface area (Å²) in [7, 11) is 0. The number of fused-ring (bicyclic) bond motifs is 1. The third kappa shape index (κ3) is 2.16. The number of rotatable bonds is 2. The van der Waals surface area contributed by atoms with E-state index < -0.39 is 0 Å². The molecule has 1 aromatic carbocycles. The first kappa shape index (κ1) is 12.4. The maximum absolute atomic E-state index is 12.3. The highest BCUT2D eigenvalue weighted by molar-refractivity contribution is 6.09. The topological polar surface area (TPSA) is 57.6 Å². The molecule has 1 N–H and O–H groups in total. The van der Waals surface area contributed by atoms with Crippen LogP contribution < -0.4 is 0 Å².